The normalized spacial score (nSPS) is 10.2. The Labute approximate surface area is 141 Å². The summed E-state index contributed by atoms with van der Waals surface area (Å²) in [5.74, 6) is -0.821. The van der Waals surface area contributed by atoms with E-state index in [2.05, 4.69) is 5.32 Å². The van der Waals surface area contributed by atoms with E-state index in [1.165, 1.54) is 17.9 Å². The first-order valence-corrected chi connectivity index (χ1v) is 7.86. The van der Waals surface area contributed by atoms with Crippen molar-refractivity contribution >= 4 is 11.8 Å². The highest BCUT2D eigenvalue weighted by molar-refractivity contribution is 5.83. The van der Waals surface area contributed by atoms with E-state index < -0.39 is 0 Å². The average Bonchev–Trinajstić information content (AvgIpc) is 2.58. The molecule has 24 heavy (non-hydrogen) atoms. The smallest absolute Gasteiger partial charge is 0.239 e. The quantitative estimate of drug-likeness (QED) is 0.849. The van der Waals surface area contributed by atoms with E-state index in [1.807, 2.05) is 30.3 Å². The highest BCUT2D eigenvalue weighted by Crippen LogP contribution is 2.06. The minimum Gasteiger partial charge on any atom is -0.350 e. The van der Waals surface area contributed by atoms with E-state index >= 15 is 0 Å². The highest BCUT2D eigenvalue weighted by atomic mass is 19.1. The first-order chi connectivity index (χ1) is 11.6. The van der Waals surface area contributed by atoms with Gasteiger partial charge >= 0.3 is 0 Å². The zero-order valence-electron chi connectivity index (χ0n) is 13.7. The van der Waals surface area contributed by atoms with E-state index in [0.717, 1.165) is 5.56 Å². The summed E-state index contributed by atoms with van der Waals surface area (Å²) in [7, 11) is 0. The Morgan fingerprint density at radius 3 is 2.38 bits per heavy atom. The maximum Gasteiger partial charge on any atom is 0.239 e. The molecule has 2 rings (SSSR count). The van der Waals surface area contributed by atoms with Gasteiger partial charge in [0.05, 0.1) is 6.54 Å². The van der Waals surface area contributed by atoms with Crippen LogP contribution >= 0.6 is 0 Å². The van der Waals surface area contributed by atoms with Gasteiger partial charge in [-0.3, -0.25) is 9.59 Å². The maximum atomic E-state index is 13.5. The summed E-state index contributed by atoms with van der Waals surface area (Å²) in [5, 5.41) is 2.65. The summed E-state index contributed by atoms with van der Waals surface area (Å²) in [5.41, 5.74) is 1.53. The van der Waals surface area contributed by atoms with Crippen LogP contribution in [0.3, 0.4) is 0 Å². The van der Waals surface area contributed by atoms with Crippen molar-refractivity contribution in [3.05, 3.63) is 71.5 Å². The number of benzene rings is 2. The van der Waals surface area contributed by atoms with E-state index in [0.29, 0.717) is 18.5 Å². The molecule has 0 unspecified atom stereocenters. The lowest BCUT2D eigenvalue weighted by Crippen LogP contribution is -2.40. The molecule has 4 nitrogen and oxygen atoms in total. The molecular weight excluding hydrogens is 307 g/mol. The van der Waals surface area contributed by atoms with Gasteiger partial charge in [0.1, 0.15) is 5.82 Å². The van der Waals surface area contributed by atoms with Gasteiger partial charge in [-0.25, -0.2) is 4.39 Å². The van der Waals surface area contributed by atoms with Gasteiger partial charge in [-0.05, 0) is 18.1 Å². The van der Waals surface area contributed by atoms with Crippen LogP contribution in [0.25, 0.3) is 0 Å². The molecule has 0 aliphatic rings. The molecule has 0 saturated heterocycles. The van der Waals surface area contributed by atoms with Gasteiger partial charge in [0.25, 0.3) is 0 Å². The lowest BCUT2D eigenvalue weighted by Gasteiger charge is -2.20. The number of amides is 2. The molecule has 0 radical (unpaired) electrons. The van der Waals surface area contributed by atoms with Crippen molar-refractivity contribution in [3.8, 4) is 0 Å². The summed E-state index contributed by atoms with van der Waals surface area (Å²) in [6, 6.07) is 16.1. The van der Waals surface area contributed by atoms with Crippen LogP contribution < -0.4 is 5.32 Å². The zero-order chi connectivity index (χ0) is 17.4. The van der Waals surface area contributed by atoms with Gasteiger partial charge in [-0.2, -0.15) is 0 Å². The molecule has 1 N–H and O–H groups in total. The molecule has 0 atom stereocenters. The molecule has 0 aliphatic heterocycles. The van der Waals surface area contributed by atoms with Crippen molar-refractivity contribution in [1.82, 2.24) is 10.2 Å². The van der Waals surface area contributed by atoms with Gasteiger partial charge in [-0.1, -0.05) is 48.5 Å². The molecule has 2 aromatic carbocycles. The number of hydrogen-bond acceptors (Lipinski definition) is 2. The number of carbonyl (C=O) groups is 2. The third kappa shape index (κ3) is 5.50. The number of nitrogens with one attached hydrogen (secondary N) is 1. The Hall–Kier alpha value is -2.69. The third-order valence-corrected chi connectivity index (χ3v) is 3.73. The Balaban J connectivity index is 1.84. The summed E-state index contributed by atoms with van der Waals surface area (Å²) >= 11 is 0. The zero-order valence-corrected chi connectivity index (χ0v) is 13.7. The van der Waals surface area contributed by atoms with E-state index in [-0.39, 0.29) is 30.7 Å². The maximum absolute atomic E-state index is 13.5. The van der Waals surface area contributed by atoms with Crippen molar-refractivity contribution in [1.29, 1.82) is 0 Å². The molecule has 2 aromatic rings. The van der Waals surface area contributed by atoms with E-state index in [1.54, 1.807) is 18.2 Å². The largest absolute Gasteiger partial charge is 0.350 e. The van der Waals surface area contributed by atoms with Crippen molar-refractivity contribution in [2.75, 3.05) is 13.1 Å². The van der Waals surface area contributed by atoms with E-state index in [4.69, 9.17) is 0 Å². The second-order valence-corrected chi connectivity index (χ2v) is 5.54. The van der Waals surface area contributed by atoms with Crippen LogP contribution in [0.1, 0.15) is 18.1 Å². The molecule has 2 amide bonds. The Morgan fingerprint density at radius 2 is 1.71 bits per heavy atom. The Bertz CT molecular complexity index is 689. The lowest BCUT2D eigenvalue weighted by atomic mass is 10.1. The summed E-state index contributed by atoms with van der Waals surface area (Å²) in [6.07, 6.45) is 0.682. The third-order valence-electron chi connectivity index (χ3n) is 3.73. The molecule has 0 heterocycles. The predicted octanol–water partition coefficient (Wildman–Crippen LogP) is 2.53. The standard InChI is InChI=1S/C19H21FN2O2/c1-15(23)22(12-11-16-7-3-2-4-8-16)14-19(24)21-13-17-9-5-6-10-18(17)20/h2-10H,11-14H2,1H3,(H,21,24). The molecule has 0 aromatic heterocycles. The summed E-state index contributed by atoms with van der Waals surface area (Å²) < 4.78 is 13.5. The van der Waals surface area contributed by atoms with Crippen LogP contribution in [0.2, 0.25) is 0 Å². The van der Waals surface area contributed by atoms with Crippen LogP contribution in [0.15, 0.2) is 54.6 Å². The minimum absolute atomic E-state index is 0.0311. The molecule has 0 saturated carbocycles. The lowest BCUT2D eigenvalue weighted by molar-refractivity contribution is -0.134. The van der Waals surface area contributed by atoms with E-state index in [9.17, 15) is 14.0 Å². The molecule has 0 fully saturated rings. The predicted molar refractivity (Wildman–Crippen MR) is 90.6 cm³/mol. The van der Waals surface area contributed by atoms with Crippen LogP contribution in [0, 0.1) is 5.82 Å². The van der Waals surface area contributed by atoms with Crippen LogP contribution in [0.5, 0.6) is 0 Å². The Morgan fingerprint density at radius 1 is 1.04 bits per heavy atom. The van der Waals surface area contributed by atoms with Crippen LogP contribution in [-0.4, -0.2) is 29.8 Å². The highest BCUT2D eigenvalue weighted by Gasteiger charge is 2.13. The van der Waals surface area contributed by atoms with Crippen molar-refractivity contribution < 1.29 is 14.0 Å². The number of hydrogen-bond donors (Lipinski definition) is 1. The topological polar surface area (TPSA) is 49.4 Å². The fourth-order valence-corrected chi connectivity index (χ4v) is 2.32. The van der Waals surface area contributed by atoms with Crippen molar-refractivity contribution in [2.24, 2.45) is 0 Å². The number of nitrogens with zero attached hydrogens (tertiary/aromatic N) is 1. The second-order valence-electron chi connectivity index (χ2n) is 5.54. The number of rotatable bonds is 7. The van der Waals surface area contributed by atoms with Crippen molar-refractivity contribution in [2.45, 2.75) is 19.9 Å². The van der Waals surface area contributed by atoms with Crippen LogP contribution in [0.4, 0.5) is 4.39 Å². The number of halogens is 1. The fourth-order valence-electron chi connectivity index (χ4n) is 2.32. The summed E-state index contributed by atoms with van der Waals surface area (Å²) in [6.45, 7) is 1.98. The van der Waals surface area contributed by atoms with Crippen LogP contribution in [-0.2, 0) is 22.6 Å². The molecule has 5 heteroatoms. The van der Waals surface area contributed by atoms with Crippen molar-refractivity contribution in [3.63, 3.8) is 0 Å². The molecule has 0 aliphatic carbocycles. The number of carbonyl (C=O) groups excluding carboxylic acids is 2. The first-order valence-electron chi connectivity index (χ1n) is 7.86. The average molecular weight is 328 g/mol. The van der Waals surface area contributed by atoms with Gasteiger partial charge < -0.3 is 10.2 Å². The first kappa shape index (κ1) is 17.7. The SMILES string of the molecule is CC(=O)N(CCc1ccccc1)CC(=O)NCc1ccccc1F. The molecule has 0 spiro atoms. The molecule has 126 valence electrons. The fraction of sp³-hybridized carbons (Fsp3) is 0.263. The molecule has 0 bridgehead atoms. The van der Waals surface area contributed by atoms with Gasteiger partial charge in [0, 0.05) is 25.6 Å². The Kier molecular flexibility index (Phi) is 6.49. The summed E-state index contributed by atoms with van der Waals surface area (Å²) in [4.78, 5) is 25.2. The minimum atomic E-state index is -0.356. The van der Waals surface area contributed by atoms with Gasteiger partial charge in [-0.15, -0.1) is 0 Å². The monoisotopic (exact) mass is 328 g/mol. The molecular formula is C19H21FN2O2. The van der Waals surface area contributed by atoms with Gasteiger partial charge in [0.2, 0.25) is 11.8 Å². The second kappa shape index (κ2) is 8.82. The van der Waals surface area contributed by atoms with Gasteiger partial charge in [0.15, 0.2) is 0 Å².